The van der Waals surface area contributed by atoms with E-state index in [1.807, 2.05) is 6.92 Å². The lowest BCUT2D eigenvalue weighted by Crippen LogP contribution is -2.36. The SMILES string of the molecule is CCOC(=O)C1CC(I)C(OC2CC(C)CC(C)(C)C2)C1. The van der Waals surface area contributed by atoms with E-state index in [9.17, 15) is 4.79 Å². The second kappa shape index (κ2) is 7.16. The number of hydrogen-bond acceptors (Lipinski definition) is 3. The molecule has 2 rings (SSSR count). The van der Waals surface area contributed by atoms with E-state index in [0.29, 0.717) is 22.1 Å². The topological polar surface area (TPSA) is 35.5 Å². The first-order valence-corrected chi connectivity index (χ1v) is 9.51. The summed E-state index contributed by atoms with van der Waals surface area (Å²) in [7, 11) is 0. The van der Waals surface area contributed by atoms with E-state index in [0.717, 1.165) is 31.6 Å². The maximum Gasteiger partial charge on any atom is 0.309 e. The second-order valence-electron chi connectivity index (χ2n) is 7.65. The Morgan fingerprint density at radius 2 is 1.95 bits per heavy atom. The summed E-state index contributed by atoms with van der Waals surface area (Å²) in [5.41, 5.74) is 0.377. The quantitative estimate of drug-likeness (QED) is 0.394. The number of ether oxygens (including phenoxy) is 2. The van der Waals surface area contributed by atoms with Crippen LogP contribution < -0.4 is 0 Å². The van der Waals surface area contributed by atoms with Crippen molar-refractivity contribution in [3.63, 3.8) is 0 Å². The Bertz CT molecular complexity index is 369. The summed E-state index contributed by atoms with van der Waals surface area (Å²) in [4.78, 5) is 11.9. The predicted octanol–water partition coefficient (Wildman–Crippen LogP) is 4.36. The number of alkyl halides is 1. The highest BCUT2D eigenvalue weighted by molar-refractivity contribution is 14.1. The van der Waals surface area contributed by atoms with Crippen LogP contribution in [-0.2, 0) is 14.3 Å². The van der Waals surface area contributed by atoms with Crippen LogP contribution in [0.3, 0.4) is 0 Å². The minimum Gasteiger partial charge on any atom is -0.466 e. The lowest BCUT2D eigenvalue weighted by Gasteiger charge is -2.40. The van der Waals surface area contributed by atoms with Gasteiger partial charge in [0.2, 0.25) is 0 Å². The Morgan fingerprint density at radius 3 is 2.57 bits per heavy atom. The molecule has 0 aromatic rings. The molecule has 3 nitrogen and oxygen atoms in total. The fourth-order valence-corrected chi connectivity index (χ4v) is 5.23. The van der Waals surface area contributed by atoms with Crippen LogP contribution in [0.4, 0.5) is 0 Å². The molecule has 0 heterocycles. The molecule has 0 bridgehead atoms. The average Bonchev–Trinajstić information content (AvgIpc) is 2.68. The molecule has 5 unspecified atom stereocenters. The number of esters is 1. The minimum absolute atomic E-state index is 0.0332. The number of carbonyl (C=O) groups excluding carboxylic acids is 1. The van der Waals surface area contributed by atoms with Gasteiger partial charge in [-0.25, -0.2) is 0 Å². The van der Waals surface area contributed by atoms with Crippen molar-refractivity contribution in [2.24, 2.45) is 17.3 Å². The molecular formula is C17H29IO3. The highest BCUT2D eigenvalue weighted by atomic mass is 127. The standard InChI is InChI=1S/C17H29IO3/c1-5-20-16(19)12-7-14(18)15(8-12)21-13-6-11(2)9-17(3,4)10-13/h11-15H,5-10H2,1-4H3. The molecule has 0 N–H and O–H groups in total. The summed E-state index contributed by atoms with van der Waals surface area (Å²) in [6.45, 7) is 9.36. The number of rotatable bonds is 4. The second-order valence-corrected chi connectivity index (χ2v) is 9.25. The van der Waals surface area contributed by atoms with Crippen molar-refractivity contribution in [1.82, 2.24) is 0 Å². The van der Waals surface area contributed by atoms with Gasteiger partial charge in [0.1, 0.15) is 0 Å². The van der Waals surface area contributed by atoms with Crippen LogP contribution in [0.15, 0.2) is 0 Å². The third-order valence-electron chi connectivity index (χ3n) is 4.76. The van der Waals surface area contributed by atoms with E-state index in [2.05, 4.69) is 43.4 Å². The number of carbonyl (C=O) groups is 1. The van der Waals surface area contributed by atoms with Gasteiger partial charge < -0.3 is 9.47 Å². The number of hydrogen-bond donors (Lipinski definition) is 0. The van der Waals surface area contributed by atoms with Crippen molar-refractivity contribution in [2.75, 3.05) is 6.61 Å². The maximum atomic E-state index is 11.9. The molecule has 0 aliphatic heterocycles. The first-order chi connectivity index (χ1) is 9.80. The van der Waals surface area contributed by atoms with Gasteiger partial charge in [0.05, 0.1) is 24.7 Å². The molecule has 5 atom stereocenters. The summed E-state index contributed by atoms with van der Waals surface area (Å²) in [6, 6.07) is 0. The van der Waals surface area contributed by atoms with Gasteiger partial charge in [-0.2, -0.15) is 0 Å². The summed E-state index contributed by atoms with van der Waals surface area (Å²) < 4.78 is 12.0. The van der Waals surface area contributed by atoms with Gasteiger partial charge in [-0.05, 0) is 50.4 Å². The van der Waals surface area contributed by atoms with Crippen molar-refractivity contribution in [1.29, 1.82) is 0 Å². The third-order valence-corrected chi connectivity index (χ3v) is 6.07. The third kappa shape index (κ3) is 4.81. The highest BCUT2D eigenvalue weighted by Crippen LogP contribution is 2.42. The lowest BCUT2D eigenvalue weighted by molar-refractivity contribution is -0.148. The van der Waals surface area contributed by atoms with E-state index in [1.165, 1.54) is 6.42 Å². The summed E-state index contributed by atoms with van der Waals surface area (Å²) in [5.74, 6) is 0.724. The summed E-state index contributed by atoms with van der Waals surface area (Å²) >= 11 is 2.45. The Kier molecular flexibility index (Phi) is 5.97. The van der Waals surface area contributed by atoms with Crippen LogP contribution in [0.1, 0.15) is 59.8 Å². The zero-order valence-electron chi connectivity index (χ0n) is 13.7. The fourth-order valence-electron chi connectivity index (χ4n) is 4.15. The minimum atomic E-state index is -0.0393. The molecule has 2 aliphatic rings. The largest absolute Gasteiger partial charge is 0.466 e. The van der Waals surface area contributed by atoms with Gasteiger partial charge >= 0.3 is 5.97 Å². The van der Waals surface area contributed by atoms with E-state index >= 15 is 0 Å². The highest BCUT2D eigenvalue weighted by Gasteiger charge is 2.41. The molecule has 0 aromatic heterocycles. The van der Waals surface area contributed by atoms with E-state index in [-0.39, 0.29) is 18.0 Å². The molecule has 0 amide bonds. The van der Waals surface area contributed by atoms with Crippen molar-refractivity contribution < 1.29 is 14.3 Å². The molecule has 0 saturated heterocycles. The van der Waals surface area contributed by atoms with Crippen LogP contribution in [0.2, 0.25) is 0 Å². The van der Waals surface area contributed by atoms with Crippen LogP contribution in [-0.4, -0.2) is 28.7 Å². The van der Waals surface area contributed by atoms with Crippen molar-refractivity contribution in [3.05, 3.63) is 0 Å². The van der Waals surface area contributed by atoms with E-state index in [1.54, 1.807) is 0 Å². The van der Waals surface area contributed by atoms with Gasteiger partial charge in [-0.3, -0.25) is 4.79 Å². The molecule has 2 aliphatic carbocycles. The van der Waals surface area contributed by atoms with Crippen molar-refractivity contribution >= 4 is 28.6 Å². The van der Waals surface area contributed by atoms with Gasteiger partial charge in [0.25, 0.3) is 0 Å². The van der Waals surface area contributed by atoms with Crippen LogP contribution in [0, 0.1) is 17.3 Å². The summed E-state index contributed by atoms with van der Waals surface area (Å²) in [6.07, 6.45) is 5.89. The Hall–Kier alpha value is 0.160. The summed E-state index contributed by atoms with van der Waals surface area (Å²) in [5, 5.41) is 0. The van der Waals surface area contributed by atoms with Gasteiger partial charge in [-0.15, -0.1) is 0 Å². The molecular weight excluding hydrogens is 379 g/mol. The lowest BCUT2D eigenvalue weighted by atomic mass is 9.71. The van der Waals surface area contributed by atoms with Gasteiger partial charge in [0.15, 0.2) is 0 Å². The Labute approximate surface area is 142 Å². The van der Waals surface area contributed by atoms with Crippen LogP contribution in [0.25, 0.3) is 0 Å². The first kappa shape index (κ1) is 17.5. The smallest absolute Gasteiger partial charge is 0.309 e. The van der Waals surface area contributed by atoms with E-state index in [4.69, 9.17) is 9.47 Å². The molecule has 2 fully saturated rings. The molecule has 0 radical (unpaired) electrons. The predicted molar refractivity (Wildman–Crippen MR) is 92.6 cm³/mol. The van der Waals surface area contributed by atoms with Gasteiger partial charge in [0, 0.05) is 3.92 Å². The molecule has 21 heavy (non-hydrogen) atoms. The fraction of sp³-hybridized carbons (Fsp3) is 0.941. The van der Waals surface area contributed by atoms with Crippen LogP contribution in [0.5, 0.6) is 0 Å². The van der Waals surface area contributed by atoms with Crippen LogP contribution >= 0.6 is 22.6 Å². The normalized spacial score (nSPS) is 39.2. The Balaban J connectivity index is 1.89. The van der Waals surface area contributed by atoms with Crippen molar-refractivity contribution in [3.8, 4) is 0 Å². The molecule has 0 aromatic carbocycles. The molecule has 2 saturated carbocycles. The average molecular weight is 408 g/mol. The first-order valence-electron chi connectivity index (χ1n) is 8.27. The van der Waals surface area contributed by atoms with Gasteiger partial charge in [-0.1, -0.05) is 43.4 Å². The monoisotopic (exact) mass is 408 g/mol. The zero-order valence-corrected chi connectivity index (χ0v) is 15.9. The van der Waals surface area contributed by atoms with E-state index < -0.39 is 0 Å². The molecule has 4 heteroatoms. The molecule has 0 spiro atoms. The molecule has 122 valence electrons. The maximum absolute atomic E-state index is 11.9. The van der Waals surface area contributed by atoms with Crippen molar-refractivity contribution in [2.45, 2.75) is 75.9 Å². The zero-order chi connectivity index (χ0) is 15.6. The number of halogens is 1. The Morgan fingerprint density at radius 1 is 1.24 bits per heavy atom.